The molecule has 0 aliphatic heterocycles. The van der Waals surface area contributed by atoms with Crippen LogP contribution in [0.15, 0.2) is 30.5 Å². The number of anilines is 1. The number of nitrogens with zero attached hydrogens (tertiary/aromatic N) is 1. The second-order valence-corrected chi connectivity index (χ2v) is 5.86. The molecule has 1 aromatic carbocycles. The molecule has 0 unspecified atom stereocenters. The summed E-state index contributed by atoms with van der Waals surface area (Å²) in [5, 5.41) is 10.8. The fourth-order valence-electron chi connectivity index (χ4n) is 2.20. The monoisotopic (exact) mass is 460 g/mol. The average molecular weight is 460 g/mol. The summed E-state index contributed by atoms with van der Waals surface area (Å²) in [6.45, 7) is 5.49. The Morgan fingerprint density at radius 2 is 1.65 bits per heavy atom. The number of aromatic nitrogens is 1. The first-order valence-corrected chi connectivity index (χ1v) is 8.60. The van der Waals surface area contributed by atoms with E-state index in [2.05, 4.69) is 4.98 Å². The van der Waals surface area contributed by atoms with Gasteiger partial charge in [-0.3, -0.25) is 4.79 Å². The van der Waals surface area contributed by atoms with E-state index in [4.69, 9.17) is 5.21 Å². The maximum atomic E-state index is 14.0. The fraction of sp³-hybridized carbons (Fsp3) is 0.333. The Balaban J connectivity index is 0.00000233. The summed E-state index contributed by atoms with van der Waals surface area (Å²) < 4.78 is 104. The molecule has 0 fully saturated rings. The highest BCUT2D eigenvalue weighted by molar-refractivity contribution is 6.05. The molecular formula is C18H18F8N3O2+. The van der Waals surface area contributed by atoms with E-state index in [1.54, 1.807) is 0 Å². The van der Waals surface area contributed by atoms with Gasteiger partial charge in [-0.15, -0.1) is 0 Å². The molecule has 1 heterocycles. The molecule has 31 heavy (non-hydrogen) atoms. The van der Waals surface area contributed by atoms with Gasteiger partial charge in [0.1, 0.15) is 0 Å². The molecule has 0 atom stereocenters. The minimum Gasteiger partial charge on any atom is -0.304 e. The van der Waals surface area contributed by atoms with Gasteiger partial charge in [0, 0.05) is 29.5 Å². The van der Waals surface area contributed by atoms with Crippen molar-refractivity contribution in [1.29, 1.82) is 0 Å². The molecule has 0 radical (unpaired) electrons. The highest BCUT2D eigenvalue weighted by Gasteiger charge is 2.73. The van der Waals surface area contributed by atoms with Crippen LogP contribution in [0.5, 0.6) is 0 Å². The topological polar surface area (TPSA) is 78.8 Å². The number of halogens is 8. The zero-order valence-electron chi connectivity index (χ0n) is 16.3. The van der Waals surface area contributed by atoms with Crippen LogP contribution in [-0.2, 0) is 5.92 Å². The lowest BCUT2D eigenvalue weighted by Gasteiger charge is -2.28. The van der Waals surface area contributed by atoms with Crippen molar-refractivity contribution < 1.29 is 50.6 Å². The van der Waals surface area contributed by atoms with Crippen LogP contribution in [0.4, 0.5) is 46.6 Å². The van der Waals surface area contributed by atoms with Crippen molar-refractivity contribution in [3.63, 3.8) is 0 Å². The first-order valence-electron chi connectivity index (χ1n) is 8.60. The van der Waals surface area contributed by atoms with E-state index in [-0.39, 0.29) is 23.5 Å². The Labute approximate surface area is 171 Å². The van der Waals surface area contributed by atoms with Gasteiger partial charge in [-0.2, -0.15) is 36.2 Å². The molecule has 0 bridgehead atoms. The van der Waals surface area contributed by atoms with Crippen LogP contribution in [0.2, 0.25) is 0 Å². The van der Waals surface area contributed by atoms with Crippen molar-refractivity contribution in [2.75, 3.05) is 5.32 Å². The molecule has 1 amide bonds. The summed E-state index contributed by atoms with van der Waals surface area (Å²) in [4.78, 5) is 15.2. The average Bonchev–Trinajstić information content (AvgIpc) is 2.70. The zero-order valence-corrected chi connectivity index (χ0v) is 16.3. The van der Waals surface area contributed by atoms with Crippen LogP contribution >= 0.6 is 0 Å². The van der Waals surface area contributed by atoms with Gasteiger partial charge in [0.2, 0.25) is 0 Å². The molecule has 13 heteroatoms. The smallest absolute Gasteiger partial charge is 0.304 e. The quantitative estimate of drug-likeness (QED) is 0.345. The number of benzene rings is 1. The maximum absolute atomic E-state index is 14.0. The Bertz CT molecular complexity index is 933. The van der Waals surface area contributed by atoms with E-state index in [9.17, 15) is 39.9 Å². The normalized spacial score (nSPS) is 12.1. The third-order valence-electron chi connectivity index (χ3n) is 3.84. The van der Waals surface area contributed by atoms with Gasteiger partial charge in [0.15, 0.2) is 17.3 Å². The van der Waals surface area contributed by atoms with Crippen molar-refractivity contribution >= 4 is 17.4 Å². The fourth-order valence-corrected chi connectivity index (χ4v) is 2.20. The summed E-state index contributed by atoms with van der Waals surface area (Å²) >= 11 is 0. The molecule has 4 N–H and O–H groups in total. The summed E-state index contributed by atoms with van der Waals surface area (Å²) in [7, 11) is 0. The molecule has 0 spiro atoms. The van der Waals surface area contributed by atoms with Crippen molar-refractivity contribution in [3.8, 4) is 0 Å². The molecule has 1 aromatic heterocycles. The zero-order chi connectivity index (χ0) is 24.2. The van der Waals surface area contributed by atoms with Gasteiger partial charge < -0.3 is 5.32 Å². The van der Waals surface area contributed by atoms with E-state index in [1.165, 1.54) is 25.1 Å². The van der Waals surface area contributed by atoms with Crippen LogP contribution in [0.1, 0.15) is 35.3 Å². The van der Waals surface area contributed by atoms with Crippen LogP contribution in [0.3, 0.4) is 0 Å². The second kappa shape index (κ2) is 9.56. The number of aryl methyl sites for hydroxylation is 1. The predicted octanol–water partition coefficient (Wildman–Crippen LogP) is 4.68. The van der Waals surface area contributed by atoms with Crippen molar-refractivity contribution in [3.05, 3.63) is 53.0 Å². The molecule has 0 saturated heterocycles. The van der Waals surface area contributed by atoms with Crippen LogP contribution in [0, 0.1) is 12.7 Å². The molecule has 2 aromatic rings. The van der Waals surface area contributed by atoms with Gasteiger partial charge in [-0.05, 0) is 18.6 Å². The van der Waals surface area contributed by atoms with Crippen molar-refractivity contribution in [2.45, 2.75) is 38.8 Å². The van der Waals surface area contributed by atoms with Gasteiger partial charge in [-0.1, -0.05) is 19.9 Å². The van der Waals surface area contributed by atoms with E-state index in [0.29, 0.717) is 11.0 Å². The Morgan fingerprint density at radius 3 is 2.13 bits per heavy atom. The molecule has 2 rings (SSSR count). The van der Waals surface area contributed by atoms with Crippen molar-refractivity contribution in [1.82, 2.24) is 4.98 Å². The Morgan fingerprint density at radius 1 is 1.06 bits per heavy atom. The number of amides is 1. The number of pyridine rings is 1. The third kappa shape index (κ3) is 5.28. The van der Waals surface area contributed by atoms with Gasteiger partial charge in [-0.25, -0.2) is 14.6 Å². The highest BCUT2D eigenvalue weighted by Crippen LogP contribution is 2.51. The molecule has 172 valence electrons. The minimum absolute atomic E-state index is 0.0630. The van der Waals surface area contributed by atoms with Crippen LogP contribution in [0.25, 0.3) is 0 Å². The highest BCUT2D eigenvalue weighted by atomic mass is 19.4. The lowest BCUT2D eigenvalue weighted by molar-refractivity contribution is -0.825. The number of quaternary nitrogens is 1. The number of nitrogens with one attached hydrogen (secondary N) is 1. The maximum Gasteiger partial charge on any atom is 0.460 e. The van der Waals surface area contributed by atoms with E-state index in [1.807, 2.05) is 19.2 Å². The lowest BCUT2D eigenvalue weighted by Crippen LogP contribution is -2.73. The number of carbonyl (C=O) groups is 1. The predicted molar refractivity (Wildman–Crippen MR) is 92.9 cm³/mol. The second-order valence-electron chi connectivity index (χ2n) is 5.86. The van der Waals surface area contributed by atoms with Crippen LogP contribution < -0.4 is 10.8 Å². The van der Waals surface area contributed by atoms with Gasteiger partial charge in [0.25, 0.3) is 5.91 Å². The Kier molecular flexibility index (Phi) is 8.09. The molecular weight excluding hydrogens is 442 g/mol. The number of nitrogens with two attached hydrogens (primary N) is 1. The summed E-state index contributed by atoms with van der Waals surface area (Å²) in [6.07, 6.45) is -6.69. The molecule has 0 saturated carbocycles. The third-order valence-corrected chi connectivity index (χ3v) is 3.84. The van der Waals surface area contributed by atoms with Gasteiger partial charge >= 0.3 is 18.0 Å². The molecule has 5 nitrogen and oxygen atoms in total. The number of alkyl halides is 7. The standard InChI is InChI=1S/C16H11F8N3O2.C2H6/c1-7-2-3-9(27-29)5-10(7)13(28)26-12-11(17)4-8(6-25-12)14(18,19)15(20,21)16(22,23)24;1-2/h2-6,27,29H,1H3,(H,25,26,28);1-2H3/p+1. The SMILES string of the molecule is CC.Cc1ccc([NH2+]O)cc1C(=O)Nc1ncc(C(F)(F)C(F)(F)C(F)(F)F)cc1F. The number of hydrogen-bond donors (Lipinski definition) is 3. The van der Waals surface area contributed by atoms with E-state index < -0.39 is 41.1 Å². The molecule has 0 aliphatic carbocycles. The summed E-state index contributed by atoms with van der Waals surface area (Å²) in [6, 6.07) is 3.81. The molecule has 0 aliphatic rings. The number of carbonyl (C=O) groups excluding carboxylic acids is 1. The first-order chi connectivity index (χ1) is 14.2. The first kappa shape index (κ1) is 26.2. The number of rotatable bonds is 5. The summed E-state index contributed by atoms with van der Waals surface area (Å²) in [5.41, 5.74) is -0.831. The number of hydrogen-bond acceptors (Lipinski definition) is 3. The lowest BCUT2D eigenvalue weighted by atomic mass is 10.0. The van der Waals surface area contributed by atoms with E-state index >= 15 is 0 Å². The van der Waals surface area contributed by atoms with Crippen molar-refractivity contribution in [2.24, 2.45) is 0 Å². The largest absolute Gasteiger partial charge is 0.460 e. The van der Waals surface area contributed by atoms with E-state index in [0.717, 1.165) is 0 Å². The van der Waals surface area contributed by atoms with Gasteiger partial charge in [0.05, 0.1) is 0 Å². The summed E-state index contributed by atoms with van der Waals surface area (Å²) in [5.74, 6) is -16.0. The van der Waals surface area contributed by atoms with Crippen LogP contribution in [-0.4, -0.2) is 28.2 Å². The minimum atomic E-state index is -6.59. The Hall–Kier alpha value is -2.80.